The van der Waals surface area contributed by atoms with Crippen LogP contribution in [0.5, 0.6) is 5.75 Å². The number of rotatable bonds is 5. The molecule has 0 aliphatic carbocycles. The van der Waals surface area contributed by atoms with Gasteiger partial charge in [-0.25, -0.2) is 4.79 Å². The van der Waals surface area contributed by atoms with Crippen molar-refractivity contribution < 1.29 is 9.53 Å². The second kappa shape index (κ2) is 6.89. The van der Waals surface area contributed by atoms with Gasteiger partial charge in [-0.15, -0.1) is 0 Å². The maximum absolute atomic E-state index is 11.6. The zero-order chi connectivity index (χ0) is 13.5. The molecule has 1 aromatic rings. The van der Waals surface area contributed by atoms with E-state index in [1.807, 2.05) is 25.1 Å². The van der Waals surface area contributed by atoms with E-state index >= 15 is 0 Å². The van der Waals surface area contributed by atoms with Gasteiger partial charge in [-0.1, -0.05) is 20.8 Å². The summed E-state index contributed by atoms with van der Waals surface area (Å²) >= 11 is 0. The first-order chi connectivity index (χ1) is 8.58. The summed E-state index contributed by atoms with van der Waals surface area (Å²) < 4.78 is 5.30. The van der Waals surface area contributed by atoms with Crippen LogP contribution in [0.1, 0.15) is 38.7 Å². The summed E-state index contributed by atoms with van der Waals surface area (Å²) in [6.45, 7) is 6.89. The van der Waals surface area contributed by atoms with Gasteiger partial charge in [0.25, 0.3) is 0 Å². The lowest BCUT2D eigenvalue weighted by atomic mass is 10.0. The van der Waals surface area contributed by atoms with Crippen LogP contribution >= 0.6 is 0 Å². The highest BCUT2D eigenvalue weighted by atomic mass is 16.5. The second-order valence-electron chi connectivity index (χ2n) is 4.49. The van der Waals surface area contributed by atoms with E-state index in [0.717, 1.165) is 23.4 Å². The van der Waals surface area contributed by atoms with E-state index in [1.165, 1.54) is 0 Å². The Balaban J connectivity index is 2.78. The number of carbonyl (C=O) groups excluding carboxylic acids is 1. The molecule has 0 unspecified atom stereocenters. The van der Waals surface area contributed by atoms with Crippen LogP contribution in [0.4, 0.5) is 10.5 Å². The van der Waals surface area contributed by atoms with E-state index < -0.39 is 0 Å². The molecule has 4 nitrogen and oxygen atoms in total. The first-order valence-electron chi connectivity index (χ1n) is 6.31. The second-order valence-corrected chi connectivity index (χ2v) is 4.49. The minimum Gasteiger partial charge on any atom is -0.496 e. The maximum Gasteiger partial charge on any atom is 0.319 e. The average molecular weight is 250 g/mol. The van der Waals surface area contributed by atoms with Gasteiger partial charge >= 0.3 is 6.03 Å². The number of methoxy groups -OCH3 is 1. The molecular formula is C14H22N2O2. The molecule has 18 heavy (non-hydrogen) atoms. The van der Waals surface area contributed by atoms with Crippen LogP contribution in [0, 0.1) is 0 Å². The zero-order valence-electron chi connectivity index (χ0n) is 11.5. The molecule has 2 N–H and O–H groups in total. The van der Waals surface area contributed by atoms with Gasteiger partial charge in [-0.3, -0.25) is 0 Å². The monoisotopic (exact) mass is 250 g/mol. The van der Waals surface area contributed by atoms with Gasteiger partial charge in [0.1, 0.15) is 5.75 Å². The van der Waals surface area contributed by atoms with E-state index in [4.69, 9.17) is 4.74 Å². The van der Waals surface area contributed by atoms with Gasteiger partial charge in [0.2, 0.25) is 0 Å². The Hall–Kier alpha value is -1.71. The van der Waals surface area contributed by atoms with E-state index in [-0.39, 0.29) is 6.03 Å². The molecule has 0 aromatic heterocycles. The van der Waals surface area contributed by atoms with Crippen molar-refractivity contribution in [3.63, 3.8) is 0 Å². The van der Waals surface area contributed by atoms with Gasteiger partial charge in [-0.2, -0.15) is 0 Å². The van der Waals surface area contributed by atoms with E-state index in [9.17, 15) is 4.79 Å². The van der Waals surface area contributed by atoms with Gasteiger partial charge < -0.3 is 15.4 Å². The molecule has 0 aliphatic rings. The zero-order valence-corrected chi connectivity index (χ0v) is 11.5. The van der Waals surface area contributed by atoms with Crippen molar-refractivity contribution in [3.8, 4) is 5.75 Å². The van der Waals surface area contributed by atoms with Crippen molar-refractivity contribution in [2.45, 2.75) is 33.1 Å². The molecule has 0 aliphatic heterocycles. The fourth-order valence-corrected chi connectivity index (χ4v) is 1.68. The molecule has 100 valence electrons. The van der Waals surface area contributed by atoms with E-state index in [2.05, 4.69) is 24.5 Å². The average Bonchev–Trinajstić information content (AvgIpc) is 2.36. The van der Waals surface area contributed by atoms with Crippen LogP contribution in [0.15, 0.2) is 18.2 Å². The number of benzene rings is 1. The van der Waals surface area contributed by atoms with Gasteiger partial charge in [0.05, 0.1) is 7.11 Å². The molecule has 0 heterocycles. The van der Waals surface area contributed by atoms with Crippen molar-refractivity contribution >= 4 is 11.7 Å². The molecular weight excluding hydrogens is 228 g/mol. The summed E-state index contributed by atoms with van der Waals surface area (Å²) in [5.74, 6) is 1.20. The molecule has 0 radical (unpaired) electrons. The Morgan fingerprint density at radius 1 is 1.39 bits per heavy atom. The largest absolute Gasteiger partial charge is 0.496 e. The van der Waals surface area contributed by atoms with Gasteiger partial charge in [0, 0.05) is 12.2 Å². The highest BCUT2D eigenvalue weighted by Crippen LogP contribution is 2.29. The molecule has 0 atom stereocenters. The molecule has 0 spiro atoms. The van der Waals surface area contributed by atoms with Crippen LogP contribution in [0.25, 0.3) is 0 Å². The number of amides is 2. The maximum atomic E-state index is 11.6. The molecule has 4 heteroatoms. The van der Waals surface area contributed by atoms with Crippen LogP contribution < -0.4 is 15.4 Å². The van der Waals surface area contributed by atoms with Crippen LogP contribution in [-0.4, -0.2) is 19.7 Å². The smallest absolute Gasteiger partial charge is 0.319 e. The van der Waals surface area contributed by atoms with Crippen molar-refractivity contribution in [1.29, 1.82) is 0 Å². The number of hydrogen-bond donors (Lipinski definition) is 2. The SMILES string of the molecule is CCCNC(=O)Nc1ccc(OC)c(C(C)C)c1. The number of ether oxygens (including phenoxy) is 1. The predicted octanol–water partition coefficient (Wildman–Crippen LogP) is 3.35. The minimum atomic E-state index is -0.170. The van der Waals surface area contributed by atoms with Crippen molar-refractivity contribution in [2.24, 2.45) is 0 Å². The van der Waals surface area contributed by atoms with Gasteiger partial charge in [-0.05, 0) is 36.1 Å². The summed E-state index contributed by atoms with van der Waals surface area (Å²) in [4.78, 5) is 11.6. The normalized spacial score (nSPS) is 10.3. The molecule has 0 saturated carbocycles. The van der Waals surface area contributed by atoms with Crippen LogP contribution in [0.2, 0.25) is 0 Å². The first kappa shape index (κ1) is 14.4. The lowest BCUT2D eigenvalue weighted by Gasteiger charge is -2.14. The molecule has 2 amide bonds. The summed E-state index contributed by atoms with van der Waals surface area (Å²) in [6.07, 6.45) is 0.924. The Bertz CT molecular complexity index is 403. The Morgan fingerprint density at radius 2 is 2.11 bits per heavy atom. The van der Waals surface area contributed by atoms with Crippen molar-refractivity contribution in [3.05, 3.63) is 23.8 Å². The standard InChI is InChI=1S/C14H22N2O2/c1-5-8-15-14(17)16-11-6-7-13(18-4)12(9-11)10(2)3/h6-7,9-10H,5,8H2,1-4H3,(H2,15,16,17). The van der Waals surface area contributed by atoms with Crippen molar-refractivity contribution in [2.75, 3.05) is 19.0 Å². The highest BCUT2D eigenvalue weighted by molar-refractivity contribution is 5.89. The van der Waals surface area contributed by atoms with Gasteiger partial charge in [0.15, 0.2) is 0 Å². The Labute approximate surface area is 109 Å². The molecule has 0 fully saturated rings. The van der Waals surface area contributed by atoms with E-state index in [1.54, 1.807) is 7.11 Å². The fourth-order valence-electron chi connectivity index (χ4n) is 1.68. The number of carbonyl (C=O) groups is 1. The third kappa shape index (κ3) is 3.95. The highest BCUT2D eigenvalue weighted by Gasteiger charge is 2.09. The third-order valence-electron chi connectivity index (χ3n) is 2.65. The fraction of sp³-hybridized carbons (Fsp3) is 0.500. The summed E-state index contributed by atoms with van der Waals surface area (Å²) in [6, 6.07) is 5.51. The topological polar surface area (TPSA) is 50.4 Å². The number of nitrogens with one attached hydrogen (secondary N) is 2. The summed E-state index contributed by atoms with van der Waals surface area (Å²) in [5, 5.41) is 5.59. The first-order valence-corrected chi connectivity index (χ1v) is 6.31. The van der Waals surface area contributed by atoms with Crippen molar-refractivity contribution in [1.82, 2.24) is 5.32 Å². The Morgan fingerprint density at radius 3 is 2.67 bits per heavy atom. The number of urea groups is 1. The molecule has 1 aromatic carbocycles. The number of hydrogen-bond acceptors (Lipinski definition) is 2. The molecule has 0 bridgehead atoms. The minimum absolute atomic E-state index is 0.170. The van der Waals surface area contributed by atoms with E-state index in [0.29, 0.717) is 12.5 Å². The summed E-state index contributed by atoms with van der Waals surface area (Å²) in [5.41, 5.74) is 1.87. The Kier molecular flexibility index (Phi) is 5.49. The molecule has 1 rings (SSSR count). The summed E-state index contributed by atoms with van der Waals surface area (Å²) in [7, 11) is 1.66. The lowest BCUT2D eigenvalue weighted by molar-refractivity contribution is 0.252. The molecule has 0 saturated heterocycles. The quantitative estimate of drug-likeness (QED) is 0.842. The van der Waals surface area contributed by atoms with Crippen LogP contribution in [-0.2, 0) is 0 Å². The third-order valence-corrected chi connectivity index (χ3v) is 2.65. The lowest BCUT2D eigenvalue weighted by Crippen LogP contribution is -2.29. The predicted molar refractivity (Wildman–Crippen MR) is 74.4 cm³/mol. The van der Waals surface area contributed by atoms with Crippen LogP contribution in [0.3, 0.4) is 0 Å². The number of anilines is 1.